The van der Waals surface area contributed by atoms with Crippen LogP contribution < -0.4 is 10.2 Å². The monoisotopic (exact) mass is 518 g/mol. The molecule has 8 nitrogen and oxygen atoms in total. The number of alkyl carbamates (subject to hydrolysis) is 1. The van der Waals surface area contributed by atoms with Crippen LogP contribution in [0.2, 0.25) is 0 Å². The summed E-state index contributed by atoms with van der Waals surface area (Å²) in [6, 6.07) is 3.80. The summed E-state index contributed by atoms with van der Waals surface area (Å²) in [7, 11) is 0. The number of carbonyl (C=O) groups excluding carboxylic acids is 2. The van der Waals surface area contributed by atoms with Gasteiger partial charge in [0.05, 0.1) is 23.1 Å². The van der Waals surface area contributed by atoms with Crippen LogP contribution in [0, 0.1) is 6.92 Å². The smallest absolute Gasteiger partial charge is 0.415 e. The van der Waals surface area contributed by atoms with E-state index in [9.17, 15) is 9.59 Å². The number of hydrogen-bond acceptors (Lipinski definition) is 8. The number of anilines is 1. The summed E-state index contributed by atoms with van der Waals surface area (Å²) in [5.41, 5.74) is 1.19. The highest BCUT2D eigenvalue weighted by Gasteiger charge is 2.28. The number of fused-ring (bicyclic) bond motifs is 1. The van der Waals surface area contributed by atoms with Crippen LogP contribution in [0.4, 0.5) is 15.3 Å². The maximum absolute atomic E-state index is 13.2. The standard InChI is InChI=1S/C25H34N4O4S2/c1-15(27-22(30)32-24(3,4)5)12-19-16(2)20-21(35-19)18(13-26-28-20)29(14-17-10-9-11-34-17)23(31)33-25(6,7)8/h9-11,13,15H,12,14H2,1-8H3,(H,27,30)/t15-/m0/s1. The molecule has 3 heterocycles. The molecule has 0 aliphatic carbocycles. The second kappa shape index (κ2) is 10.5. The first-order chi connectivity index (χ1) is 16.2. The zero-order chi connectivity index (χ0) is 26.0. The number of ether oxygens (including phenoxy) is 2. The molecule has 1 N–H and O–H groups in total. The van der Waals surface area contributed by atoms with Crippen molar-refractivity contribution >= 4 is 50.8 Å². The lowest BCUT2D eigenvalue weighted by molar-refractivity contribution is 0.0507. The molecule has 0 fully saturated rings. The Balaban J connectivity index is 1.92. The number of hydrogen-bond donors (Lipinski definition) is 1. The minimum Gasteiger partial charge on any atom is -0.444 e. The second-order valence-electron chi connectivity index (χ2n) is 10.5. The Bertz CT molecular complexity index is 1180. The van der Waals surface area contributed by atoms with Gasteiger partial charge in [0.25, 0.3) is 0 Å². The first-order valence-electron chi connectivity index (χ1n) is 11.5. The molecular formula is C25H34N4O4S2. The molecule has 0 aliphatic heterocycles. The molecule has 10 heteroatoms. The van der Waals surface area contributed by atoms with Crippen molar-refractivity contribution < 1.29 is 19.1 Å². The van der Waals surface area contributed by atoms with Gasteiger partial charge in [0, 0.05) is 22.2 Å². The zero-order valence-corrected chi connectivity index (χ0v) is 23.2. The predicted octanol–water partition coefficient (Wildman–Crippen LogP) is 6.46. The normalized spacial score (nSPS) is 12.9. The molecule has 3 aromatic rings. The molecule has 35 heavy (non-hydrogen) atoms. The predicted molar refractivity (Wildman–Crippen MR) is 141 cm³/mol. The largest absolute Gasteiger partial charge is 0.444 e. The average molecular weight is 519 g/mol. The summed E-state index contributed by atoms with van der Waals surface area (Å²) in [6.45, 7) is 15.3. The lowest BCUT2D eigenvalue weighted by atomic mass is 10.1. The third-order valence-electron chi connectivity index (χ3n) is 4.84. The van der Waals surface area contributed by atoms with Gasteiger partial charge in [-0.05, 0) is 72.4 Å². The highest BCUT2D eigenvalue weighted by Crippen LogP contribution is 2.37. The molecule has 0 aromatic carbocycles. The van der Waals surface area contributed by atoms with Gasteiger partial charge in [0.15, 0.2) is 0 Å². The quantitative estimate of drug-likeness (QED) is 0.403. The van der Waals surface area contributed by atoms with Crippen LogP contribution in [0.3, 0.4) is 0 Å². The molecule has 190 valence electrons. The molecule has 0 aliphatic rings. The van der Waals surface area contributed by atoms with Crippen LogP contribution in [-0.4, -0.2) is 39.6 Å². The average Bonchev–Trinajstić information content (AvgIpc) is 3.31. The van der Waals surface area contributed by atoms with Crippen LogP contribution in [0.15, 0.2) is 23.7 Å². The zero-order valence-electron chi connectivity index (χ0n) is 21.6. The minimum atomic E-state index is -0.635. The van der Waals surface area contributed by atoms with Crippen LogP contribution >= 0.6 is 22.7 Å². The minimum absolute atomic E-state index is 0.152. The molecule has 3 rings (SSSR count). The third kappa shape index (κ3) is 7.38. The van der Waals surface area contributed by atoms with E-state index in [1.165, 1.54) is 0 Å². The maximum Gasteiger partial charge on any atom is 0.415 e. The second-order valence-corrected chi connectivity index (χ2v) is 12.6. The lowest BCUT2D eigenvalue weighted by Crippen LogP contribution is -2.38. The molecule has 3 aromatic heterocycles. The molecule has 1 atom stereocenters. The topological polar surface area (TPSA) is 93.7 Å². The van der Waals surface area contributed by atoms with Gasteiger partial charge < -0.3 is 14.8 Å². The van der Waals surface area contributed by atoms with Gasteiger partial charge in [-0.2, -0.15) is 5.10 Å². The number of thiophene rings is 2. The van der Waals surface area contributed by atoms with Crippen molar-refractivity contribution in [1.82, 2.24) is 15.5 Å². The Morgan fingerprint density at radius 3 is 2.43 bits per heavy atom. The molecule has 0 radical (unpaired) electrons. The number of aromatic nitrogens is 2. The molecule has 0 unspecified atom stereocenters. The van der Waals surface area contributed by atoms with Crippen molar-refractivity contribution in [1.29, 1.82) is 0 Å². The van der Waals surface area contributed by atoms with Gasteiger partial charge in [0.2, 0.25) is 0 Å². The molecule has 0 saturated carbocycles. The van der Waals surface area contributed by atoms with Gasteiger partial charge in [-0.15, -0.1) is 27.8 Å². The summed E-state index contributed by atoms with van der Waals surface area (Å²) < 4.78 is 12.0. The number of nitrogens with one attached hydrogen (secondary N) is 1. The fourth-order valence-electron chi connectivity index (χ4n) is 3.39. The Kier molecular flexibility index (Phi) is 8.06. The van der Waals surface area contributed by atoms with Gasteiger partial charge in [-0.25, -0.2) is 9.59 Å². The van der Waals surface area contributed by atoms with Gasteiger partial charge in [0.1, 0.15) is 16.7 Å². The van der Waals surface area contributed by atoms with Crippen molar-refractivity contribution in [2.45, 2.75) is 85.6 Å². The summed E-state index contributed by atoms with van der Waals surface area (Å²) in [4.78, 5) is 29.1. The number of amides is 2. The number of aryl methyl sites for hydroxylation is 1. The van der Waals surface area contributed by atoms with E-state index in [0.29, 0.717) is 18.7 Å². The number of rotatable bonds is 6. The van der Waals surface area contributed by atoms with E-state index in [0.717, 1.165) is 25.5 Å². The Labute approximate surface area is 214 Å². The van der Waals surface area contributed by atoms with Crippen LogP contribution in [0.5, 0.6) is 0 Å². The molecule has 2 amide bonds. The fourth-order valence-corrected chi connectivity index (χ4v) is 5.47. The third-order valence-corrected chi connectivity index (χ3v) is 7.02. The van der Waals surface area contributed by atoms with E-state index < -0.39 is 23.4 Å². The van der Waals surface area contributed by atoms with Crippen molar-refractivity contribution in [2.75, 3.05) is 4.90 Å². The summed E-state index contributed by atoms with van der Waals surface area (Å²) in [5.74, 6) is 0. The first kappa shape index (κ1) is 26.9. The summed E-state index contributed by atoms with van der Waals surface area (Å²) >= 11 is 3.13. The highest BCUT2D eigenvalue weighted by atomic mass is 32.1. The van der Waals surface area contributed by atoms with Gasteiger partial charge in [-0.3, -0.25) is 4.90 Å². The maximum atomic E-state index is 13.2. The van der Waals surface area contributed by atoms with Crippen LogP contribution in [0.1, 0.15) is 63.8 Å². The Morgan fingerprint density at radius 2 is 1.83 bits per heavy atom. The van der Waals surface area contributed by atoms with E-state index in [1.54, 1.807) is 33.8 Å². The summed E-state index contributed by atoms with van der Waals surface area (Å²) in [5, 5.41) is 13.4. The van der Waals surface area contributed by atoms with Gasteiger partial charge in [-0.1, -0.05) is 6.07 Å². The van der Waals surface area contributed by atoms with E-state index in [2.05, 4.69) is 15.5 Å². The fraction of sp³-hybridized carbons (Fsp3) is 0.520. The van der Waals surface area contributed by atoms with Crippen molar-refractivity contribution in [3.05, 3.63) is 39.0 Å². The van der Waals surface area contributed by atoms with E-state index in [4.69, 9.17) is 9.47 Å². The SMILES string of the molecule is Cc1c(C[C@H](C)NC(=O)OC(C)(C)C)sc2c(N(Cc3cccs3)C(=O)OC(C)(C)C)cnnc12. The van der Waals surface area contributed by atoms with Gasteiger partial charge >= 0.3 is 12.2 Å². The summed E-state index contributed by atoms with van der Waals surface area (Å²) in [6.07, 6.45) is 1.33. The number of nitrogens with zero attached hydrogens (tertiary/aromatic N) is 3. The molecule has 0 bridgehead atoms. The van der Waals surface area contributed by atoms with Crippen molar-refractivity contribution in [3.8, 4) is 0 Å². The lowest BCUT2D eigenvalue weighted by Gasteiger charge is -2.27. The molecule has 0 saturated heterocycles. The molecular weight excluding hydrogens is 484 g/mol. The van der Waals surface area contributed by atoms with Crippen molar-refractivity contribution in [3.63, 3.8) is 0 Å². The number of carbonyl (C=O) groups is 2. The van der Waals surface area contributed by atoms with Crippen LogP contribution in [0.25, 0.3) is 10.2 Å². The van der Waals surface area contributed by atoms with E-state index >= 15 is 0 Å². The van der Waals surface area contributed by atoms with E-state index in [1.807, 2.05) is 72.9 Å². The first-order valence-corrected chi connectivity index (χ1v) is 13.2. The highest BCUT2D eigenvalue weighted by molar-refractivity contribution is 7.19. The Morgan fingerprint density at radius 1 is 1.14 bits per heavy atom. The van der Waals surface area contributed by atoms with Crippen molar-refractivity contribution in [2.24, 2.45) is 0 Å². The van der Waals surface area contributed by atoms with E-state index in [-0.39, 0.29) is 6.04 Å². The Hall–Kier alpha value is -2.72. The molecule has 0 spiro atoms. The van der Waals surface area contributed by atoms with Crippen LogP contribution in [-0.2, 0) is 22.4 Å².